The van der Waals surface area contributed by atoms with Crippen LogP contribution >= 0.6 is 0 Å². The fourth-order valence-corrected chi connectivity index (χ4v) is 2.12. The number of quaternary nitrogens is 1. The number of hydrogen-bond donors (Lipinski definition) is 1. The summed E-state index contributed by atoms with van der Waals surface area (Å²) in [6.07, 6.45) is 1.76. The fraction of sp³-hybridized carbons (Fsp3) is 0.222. The van der Waals surface area contributed by atoms with Crippen molar-refractivity contribution in [3.63, 3.8) is 0 Å². The topological polar surface area (TPSA) is 25.8 Å². The molecular weight excluding hydrogens is 246 g/mol. The molecule has 0 saturated heterocycles. The molecule has 0 spiro atoms. The van der Waals surface area contributed by atoms with E-state index in [-0.39, 0.29) is 0 Å². The lowest BCUT2D eigenvalue weighted by molar-refractivity contribution is -0.707. The summed E-state index contributed by atoms with van der Waals surface area (Å²) in [5, 5.41) is 2.34. The number of nitrogens with two attached hydrogens (primary N) is 1. The molecule has 2 rings (SSSR count). The highest BCUT2D eigenvalue weighted by atomic mass is 16.5. The van der Waals surface area contributed by atoms with Gasteiger partial charge in [0.2, 0.25) is 0 Å². The predicted molar refractivity (Wildman–Crippen MR) is 82.6 cm³/mol. The Morgan fingerprint density at radius 2 is 1.95 bits per heavy atom. The number of rotatable bonds is 7. The van der Waals surface area contributed by atoms with Crippen LogP contribution in [0.25, 0.3) is 0 Å². The minimum absolute atomic E-state index is 0.453. The van der Waals surface area contributed by atoms with Gasteiger partial charge in [-0.2, -0.15) is 0 Å². The summed E-state index contributed by atoms with van der Waals surface area (Å²) in [5.74, 6) is 0.906. The van der Waals surface area contributed by atoms with Gasteiger partial charge in [-0.1, -0.05) is 55.1 Å². The summed E-state index contributed by atoms with van der Waals surface area (Å²) in [5.41, 5.74) is 2.63. The Labute approximate surface area is 121 Å². The maximum Gasteiger partial charge on any atom is 0.120 e. The SMILES string of the molecule is C=CCOc1cccc(C[NH2+][C@@H](C)c2ccccc2)c1. The van der Waals surface area contributed by atoms with Crippen molar-refractivity contribution in [2.75, 3.05) is 6.61 Å². The number of hydrogen-bond acceptors (Lipinski definition) is 1. The van der Waals surface area contributed by atoms with Crippen molar-refractivity contribution in [1.82, 2.24) is 0 Å². The lowest BCUT2D eigenvalue weighted by Gasteiger charge is -2.11. The van der Waals surface area contributed by atoms with Gasteiger partial charge in [-0.25, -0.2) is 0 Å². The molecule has 0 saturated carbocycles. The maximum atomic E-state index is 5.56. The van der Waals surface area contributed by atoms with Crippen LogP contribution in [0.2, 0.25) is 0 Å². The highest BCUT2D eigenvalue weighted by molar-refractivity contribution is 5.28. The Morgan fingerprint density at radius 1 is 1.15 bits per heavy atom. The van der Waals surface area contributed by atoms with Crippen LogP contribution in [-0.4, -0.2) is 6.61 Å². The van der Waals surface area contributed by atoms with Crippen molar-refractivity contribution in [1.29, 1.82) is 0 Å². The Hall–Kier alpha value is -2.06. The molecule has 0 radical (unpaired) electrons. The number of benzene rings is 2. The summed E-state index contributed by atoms with van der Waals surface area (Å²) >= 11 is 0. The fourth-order valence-electron chi connectivity index (χ4n) is 2.12. The zero-order valence-electron chi connectivity index (χ0n) is 12.0. The molecule has 20 heavy (non-hydrogen) atoms. The molecule has 2 aromatic rings. The summed E-state index contributed by atoms with van der Waals surface area (Å²) in [6, 6.07) is 19.3. The molecule has 0 aliphatic heterocycles. The van der Waals surface area contributed by atoms with Gasteiger partial charge in [-0.15, -0.1) is 0 Å². The van der Waals surface area contributed by atoms with Crippen molar-refractivity contribution in [2.24, 2.45) is 0 Å². The van der Waals surface area contributed by atoms with Gasteiger partial charge in [-0.05, 0) is 19.1 Å². The Kier molecular flexibility index (Phi) is 5.39. The summed E-state index contributed by atoms with van der Waals surface area (Å²) in [7, 11) is 0. The summed E-state index contributed by atoms with van der Waals surface area (Å²) in [4.78, 5) is 0. The van der Waals surface area contributed by atoms with E-state index in [9.17, 15) is 0 Å². The molecule has 2 heteroatoms. The molecule has 0 aliphatic rings. The molecule has 0 amide bonds. The second-order valence-corrected chi connectivity index (χ2v) is 4.89. The molecule has 0 heterocycles. The molecule has 2 nitrogen and oxygen atoms in total. The third-order valence-corrected chi connectivity index (χ3v) is 3.30. The van der Waals surface area contributed by atoms with Crippen molar-refractivity contribution in [3.05, 3.63) is 78.4 Å². The van der Waals surface area contributed by atoms with Crippen molar-refractivity contribution >= 4 is 0 Å². The molecule has 0 unspecified atom stereocenters. The van der Waals surface area contributed by atoms with E-state index in [1.54, 1.807) is 6.08 Å². The first kappa shape index (κ1) is 14.4. The molecule has 0 fully saturated rings. The van der Waals surface area contributed by atoms with E-state index < -0.39 is 0 Å². The minimum Gasteiger partial charge on any atom is -0.490 e. The molecule has 104 valence electrons. The molecule has 0 aromatic heterocycles. The average molecular weight is 268 g/mol. The smallest absolute Gasteiger partial charge is 0.120 e. The van der Waals surface area contributed by atoms with E-state index in [1.807, 2.05) is 12.1 Å². The Balaban J connectivity index is 1.92. The standard InChI is InChI=1S/C18H21NO/c1-3-12-20-18-11-7-8-16(13-18)14-19-15(2)17-9-5-4-6-10-17/h3-11,13,15,19H,1,12,14H2,2H3/p+1/t15-/m0/s1. The molecular formula is C18H22NO+. The van der Waals surface area contributed by atoms with Gasteiger partial charge in [0.1, 0.15) is 24.9 Å². The van der Waals surface area contributed by atoms with Gasteiger partial charge in [0.05, 0.1) is 0 Å². The second kappa shape index (κ2) is 7.51. The van der Waals surface area contributed by atoms with E-state index in [2.05, 4.69) is 61.3 Å². The van der Waals surface area contributed by atoms with Crippen LogP contribution in [0.15, 0.2) is 67.3 Å². The first-order chi connectivity index (χ1) is 9.79. The van der Waals surface area contributed by atoms with E-state index in [0.29, 0.717) is 12.6 Å². The zero-order valence-corrected chi connectivity index (χ0v) is 12.0. The van der Waals surface area contributed by atoms with Crippen LogP contribution in [0, 0.1) is 0 Å². The van der Waals surface area contributed by atoms with Gasteiger partial charge >= 0.3 is 0 Å². The molecule has 2 aromatic carbocycles. The highest BCUT2D eigenvalue weighted by Crippen LogP contribution is 2.13. The van der Waals surface area contributed by atoms with Gasteiger partial charge in [0, 0.05) is 11.1 Å². The van der Waals surface area contributed by atoms with Crippen LogP contribution in [-0.2, 0) is 6.54 Å². The van der Waals surface area contributed by atoms with E-state index in [4.69, 9.17) is 4.74 Å². The van der Waals surface area contributed by atoms with Gasteiger partial charge < -0.3 is 10.1 Å². The van der Waals surface area contributed by atoms with Crippen molar-refractivity contribution in [3.8, 4) is 5.75 Å². The summed E-state index contributed by atoms with van der Waals surface area (Å²) < 4.78 is 5.56. The first-order valence-electron chi connectivity index (χ1n) is 7.00. The van der Waals surface area contributed by atoms with Crippen molar-refractivity contribution in [2.45, 2.75) is 19.5 Å². The molecule has 1 atom stereocenters. The summed E-state index contributed by atoms with van der Waals surface area (Å²) in [6.45, 7) is 7.38. The third-order valence-electron chi connectivity index (χ3n) is 3.30. The normalized spacial score (nSPS) is 11.8. The van der Waals surface area contributed by atoms with Crippen molar-refractivity contribution < 1.29 is 10.1 Å². The van der Waals surface area contributed by atoms with Crippen LogP contribution in [0.1, 0.15) is 24.1 Å². The van der Waals surface area contributed by atoms with Gasteiger partial charge in [-0.3, -0.25) is 0 Å². The third kappa shape index (κ3) is 4.25. The largest absolute Gasteiger partial charge is 0.490 e. The monoisotopic (exact) mass is 268 g/mol. The molecule has 0 aliphatic carbocycles. The maximum absolute atomic E-state index is 5.56. The minimum atomic E-state index is 0.453. The van der Waals surface area contributed by atoms with Crippen LogP contribution in [0.4, 0.5) is 0 Å². The van der Waals surface area contributed by atoms with Gasteiger partial charge in [0.25, 0.3) is 0 Å². The lowest BCUT2D eigenvalue weighted by atomic mass is 10.1. The molecule has 2 N–H and O–H groups in total. The lowest BCUT2D eigenvalue weighted by Crippen LogP contribution is -2.83. The van der Waals surface area contributed by atoms with E-state index >= 15 is 0 Å². The van der Waals surface area contributed by atoms with Crippen LogP contribution < -0.4 is 10.1 Å². The second-order valence-electron chi connectivity index (χ2n) is 4.89. The zero-order chi connectivity index (χ0) is 14.2. The van der Waals surface area contributed by atoms with E-state index in [1.165, 1.54) is 11.1 Å². The number of ether oxygens (including phenoxy) is 1. The van der Waals surface area contributed by atoms with E-state index in [0.717, 1.165) is 12.3 Å². The average Bonchev–Trinajstić information content (AvgIpc) is 2.52. The Bertz CT molecular complexity index is 536. The predicted octanol–water partition coefficient (Wildman–Crippen LogP) is 3.08. The van der Waals surface area contributed by atoms with Gasteiger partial charge in [0.15, 0.2) is 0 Å². The van der Waals surface area contributed by atoms with Crippen LogP contribution in [0.5, 0.6) is 5.75 Å². The first-order valence-corrected chi connectivity index (χ1v) is 7.00. The highest BCUT2D eigenvalue weighted by Gasteiger charge is 2.07. The Morgan fingerprint density at radius 3 is 2.70 bits per heavy atom. The molecule has 0 bridgehead atoms. The quantitative estimate of drug-likeness (QED) is 0.767. The van der Waals surface area contributed by atoms with Crippen LogP contribution in [0.3, 0.4) is 0 Å².